The number of esters is 1. The number of hydrogen-bond donors (Lipinski definition) is 2. The van der Waals surface area contributed by atoms with Crippen molar-refractivity contribution in [3.8, 4) is 0 Å². The molecule has 10 nitrogen and oxygen atoms in total. The van der Waals surface area contributed by atoms with Crippen LogP contribution in [-0.4, -0.2) is 53.4 Å². The number of ether oxygens (including phenoxy) is 2. The number of hydrogen-bond acceptors (Lipinski definition) is 8. The molecule has 1 saturated heterocycles. The first-order valence-corrected chi connectivity index (χ1v) is 12.6. The van der Waals surface area contributed by atoms with Crippen molar-refractivity contribution >= 4 is 35.2 Å². The molecule has 0 saturated carbocycles. The Labute approximate surface area is 224 Å². The van der Waals surface area contributed by atoms with Gasteiger partial charge < -0.3 is 20.1 Å². The summed E-state index contributed by atoms with van der Waals surface area (Å²) in [6.07, 6.45) is 5.64. The number of nitrogens with zero attached hydrogens (tertiary/aromatic N) is 2. The van der Waals surface area contributed by atoms with Gasteiger partial charge in [0.25, 0.3) is 5.78 Å². The Morgan fingerprint density at radius 3 is 1.89 bits per heavy atom. The highest BCUT2D eigenvalue weighted by Crippen LogP contribution is 2.19. The summed E-state index contributed by atoms with van der Waals surface area (Å²) in [5, 5.41) is 5.28. The van der Waals surface area contributed by atoms with Crippen LogP contribution in [0.3, 0.4) is 0 Å². The lowest BCUT2D eigenvalue weighted by Gasteiger charge is -2.18. The van der Waals surface area contributed by atoms with Crippen LogP contribution in [0.1, 0.15) is 71.7 Å². The zero-order valence-corrected chi connectivity index (χ0v) is 23.4. The molecule has 10 heteroatoms. The minimum absolute atomic E-state index is 0.0172. The monoisotopic (exact) mass is 528 g/mol. The standard InChI is InChI=1S/C14H18N2O4.C10H14N2O.C4H8O/c1-5-20-12(18)10(17)9-7-6-8-15-11(9)16-13(19)14(2,3)4;1-10(2,3)9(13)12-8-6-4-5-7-11-8;1-2-4-5-3-1/h6-8H,5H2,1-4H3,(H,15,16,19);4-7H,1-3H3,(H,11,12,13);1-4H2. The molecule has 1 fully saturated rings. The number of pyridine rings is 2. The largest absolute Gasteiger partial charge is 0.460 e. The van der Waals surface area contributed by atoms with Crippen molar-refractivity contribution in [1.82, 2.24) is 9.97 Å². The molecule has 0 aromatic carbocycles. The molecule has 0 spiro atoms. The summed E-state index contributed by atoms with van der Waals surface area (Å²) in [6.45, 7) is 14.5. The Hall–Kier alpha value is -3.66. The first-order chi connectivity index (χ1) is 17.8. The van der Waals surface area contributed by atoms with Crippen LogP contribution < -0.4 is 10.6 Å². The van der Waals surface area contributed by atoms with E-state index in [0.29, 0.717) is 5.82 Å². The quantitative estimate of drug-likeness (QED) is 0.324. The van der Waals surface area contributed by atoms with Crippen molar-refractivity contribution in [2.24, 2.45) is 10.8 Å². The minimum atomic E-state index is -0.966. The number of Topliss-reactive ketones (excluding diaryl/α,β-unsaturated/α-hetero) is 1. The minimum Gasteiger partial charge on any atom is -0.460 e. The molecule has 2 aromatic heterocycles. The van der Waals surface area contributed by atoms with Crippen molar-refractivity contribution in [2.45, 2.75) is 61.3 Å². The molecule has 0 radical (unpaired) electrons. The van der Waals surface area contributed by atoms with Gasteiger partial charge in [-0.1, -0.05) is 47.6 Å². The second-order valence-electron chi connectivity index (χ2n) is 10.4. The number of amides is 2. The Bertz CT molecular complexity index is 1050. The third-order valence-corrected chi connectivity index (χ3v) is 4.84. The molecule has 2 N–H and O–H groups in total. The maximum absolute atomic E-state index is 11.9. The molecule has 38 heavy (non-hydrogen) atoms. The van der Waals surface area contributed by atoms with Gasteiger partial charge in [0, 0.05) is 36.4 Å². The number of nitrogens with one attached hydrogen (secondary N) is 2. The molecule has 3 heterocycles. The fraction of sp³-hybridized carbons (Fsp3) is 0.500. The number of anilines is 2. The number of ketones is 1. The summed E-state index contributed by atoms with van der Waals surface area (Å²) in [5.74, 6) is -1.45. The van der Waals surface area contributed by atoms with Gasteiger partial charge in [-0.3, -0.25) is 14.4 Å². The molecule has 2 amide bonds. The number of aromatic nitrogens is 2. The third kappa shape index (κ3) is 12.1. The van der Waals surface area contributed by atoms with Gasteiger partial charge in [-0.15, -0.1) is 0 Å². The third-order valence-electron chi connectivity index (χ3n) is 4.84. The summed E-state index contributed by atoms with van der Waals surface area (Å²) < 4.78 is 9.60. The zero-order valence-electron chi connectivity index (χ0n) is 23.4. The van der Waals surface area contributed by atoms with Gasteiger partial charge >= 0.3 is 5.97 Å². The molecule has 3 rings (SSSR count). The average molecular weight is 529 g/mol. The highest BCUT2D eigenvalue weighted by Gasteiger charge is 2.26. The lowest BCUT2D eigenvalue weighted by atomic mass is 9.95. The molecule has 1 aliphatic rings. The van der Waals surface area contributed by atoms with Crippen molar-refractivity contribution in [3.63, 3.8) is 0 Å². The van der Waals surface area contributed by atoms with Gasteiger partial charge in [-0.2, -0.15) is 0 Å². The van der Waals surface area contributed by atoms with Crippen LogP contribution >= 0.6 is 0 Å². The molecule has 1 aliphatic heterocycles. The molecular formula is C28H40N4O6. The second kappa shape index (κ2) is 15.6. The highest BCUT2D eigenvalue weighted by molar-refractivity contribution is 6.41. The Morgan fingerprint density at radius 1 is 0.842 bits per heavy atom. The number of carbonyl (C=O) groups excluding carboxylic acids is 4. The van der Waals surface area contributed by atoms with Crippen molar-refractivity contribution < 1.29 is 28.7 Å². The van der Waals surface area contributed by atoms with Gasteiger partial charge in [0.05, 0.1) is 12.2 Å². The lowest BCUT2D eigenvalue weighted by Crippen LogP contribution is -2.29. The van der Waals surface area contributed by atoms with Gasteiger partial charge in [-0.25, -0.2) is 14.8 Å². The fourth-order valence-electron chi connectivity index (χ4n) is 2.54. The van der Waals surface area contributed by atoms with Crippen LogP contribution in [-0.2, 0) is 23.9 Å². The summed E-state index contributed by atoms with van der Waals surface area (Å²) >= 11 is 0. The van der Waals surface area contributed by atoms with Crippen LogP contribution in [0.2, 0.25) is 0 Å². The van der Waals surface area contributed by atoms with E-state index in [1.165, 1.54) is 31.2 Å². The van der Waals surface area contributed by atoms with E-state index in [4.69, 9.17) is 4.74 Å². The Kier molecular flexibility index (Phi) is 13.3. The van der Waals surface area contributed by atoms with E-state index in [9.17, 15) is 19.2 Å². The molecule has 0 aliphatic carbocycles. The van der Waals surface area contributed by atoms with Crippen LogP contribution in [0.4, 0.5) is 11.6 Å². The number of rotatable bonds is 5. The summed E-state index contributed by atoms with van der Waals surface area (Å²) in [4.78, 5) is 54.7. The van der Waals surface area contributed by atoms with E-state index in [0.717, 1.165) is 13.2 Å². The topological polar surface area (TPSA) is 137 Å². The molecule has 2 aromatic rings. The Morgan fingerprint density at radius 2 is 1.42 bits per heavy atom. The Balaban J connectivity index is 0.000000339. The van der Waals surface area contributed by atoms with E-state index in [1.54, 1.807) is 40.0 Å². The summed E-state index contributed by atoms with van der Waals surface area (Å²) in [7, 11) is 0. The lowest BCUT2D eigenvalue weighted by molar-refractivity contribution is -0.137. The summed E-state index contributed by atoms with van der Waals surface area (Å²) in [5.41, 5.74) is -0.997. The maximum atomic E-state index is 11.9. The second-order valence-corrected chi connectivity index (χ2v) is 10.4. The van der Waals surface area contributed by atoms with Gasteiger partial charge in [-0.05, 0) is 44.0 Å². The normalized spacial score (nSPS) is 12.6. The van der Waals surface area contributed by atoms with E-state index in [-0.39, 0.29) is 35.2 Å². The van der Waals surface area contributed by atoms with Crippen molar-refractivity contribution in [2.75, 3.05) is 30.5 Å². The van der Waals surface area contributed by atoms with Crippen molar-refractivity contribution in [3.05, 3.63) is 48.3 Å². The SMILES string of the molecule is C1CCOC1.CC(C)(C)C(=O)Nc1ccccn1.CCOC(=O)C(=O)c1cccnc1NC(=O)C(C)(C)C. The van der Waals surface area contributed by atoms with Gasteiger partial charge in [0.2, 0.25) is 11.8 Å². The van der Waals surface area contributed by atoms with E-state index in [1.807, 2.05) is 32.9 Å². The number of carbonyl (C=O) groups is 4. The van der Waals surface area contributed by atoms with E-state index >= 15 is 0 Å². The molecule has 208 valence electrons. The first-order valence-electron chi connectivity index (χ1n) is 12.6. The highest BCUT2D eigenvalue weighted by atomic mass is 16.5. The van der Waals surface area contributed by atoms with E-state index in [2.05, 4.69) is 25.3 Å². The molecule has 0 bridgehead atoms. The molecule has 0 atom stereocenters. The summed E-state index contributed by atoms with van der Waals surface area (Å²) in [6, 6.07) is 8.35. The van der Waals surface area contributed by atoms with Gasteiger partial charge in [0.15, 0.2) is 0 Å². The maximum Gasteiger partial charge on any atom is 0.379 e. The average Bonchev–Trinajstić information content (AvgIpc) is 3.44. The van der Waals surface area contributed by atoms with Gasteiger partial charge in [0.1, 0.15) is 11.6 Å². The predicted octanol–water partition coefficient (Wildman–Crippen LogP) is 4.68. The van der Waals surface area contributed by atoms with E-state index < -0.39 is 17.2 Å². The van der Waals surface area contributed by atoms with Crippen LogP contribution in [0.15, 0.2) is 42.7 Å². The zero-order chi connectivity index (χ0) is 28.8. The predicted molar refractivity (Wildman–Crippen MR) is 146 cm³/mol. The first kappa shape index (κ1) is 32.4. The van der Waals surface area contributed by atoms with Crippen LogP contribution in [0.25, 0.3) is 0 Å². The van der Waals surface area contributed by atoms with Crippen molar-refractivity contribution in [1.29, 1.82) is 0 Å². The van der Waals surface area contributed by atoms with Crippen LogP contribution in [0, 0.1) is 10.8 Å². The smallest absolute Gasteiger partial charge is 0.379 e. The molecular weight excluding hydrogens is 488 g/mol. The fourth-order valence-corrected chi connectivity index (χ4v) is 2.54. The van der Waals surface area contributed by atoms with Crippen LogP contribution in [0.5, 0.6) is 0 Å². The molecule has 0 unspecified atom stereocenters.